The topological polar surface area (TPSA) is 77.4 Å². The molecule has 0 radical (unpaired) electrons. The van der Waals surface area contributed by atoms with Crippen molar-refractivity contribution in [2.45, 2.75) is 62.7 Å². The fourth-order valence-corrected chi connectivity index (χ4v) is 6.02. The first-order chi connectivity index (χ1) is 16.9. The molecule has 36 heavy (non-hydrogen) atoms. The highest BCUT2D eigenvalue weighted by Crippen LogP contribution is 2.46. The molecule has 0 aromatic heterocycles. The molecular weight excluding hydrogens is 475 g/mol. The Balaban J connectivity index is 1.59. The van der Waals surface area contributed by atoms with Crippen LogP contribution < -0.4 is 4.74 Å². The summed E-state index contributed by atoms with van der Waals surface area (Å²) in [6, 6.07) is 14.4. The maximum Gasteiger partial charge on any atom is 0.470 e. The highest BCUT2D eigenvalue weighted by molar-refractivity contribution is 7.89. The van der Waals surface area contributed by atoms with Crippen LogP contribution in [0.15, 0.2) is 76.3 Å². The Morgan fingerprint density at radius 3 is 2.28 bits per heavy atom. The zero-order valence-electron chi connectivity index (χ0n) is 21.4. The molecule has 5 rings (SSSR count). The number of sulfonamides is 1. The van der Waals surface area contributed by atoms with Crippen molar-refractivity contribution in [3.8, 4) is 5.75 Å². The number of methoxy groups -OCH3 is 1. The molecule has 2 unspecified atom stereocenters. The minimum atomic E-state index is -3.86. The Hall–Kier alpha value is -2.88. The summed E-state index contributed by atoms with van der Waals surface area (Å²) in [5.41, 5.74) is 2.32. The lowest BCUT2D eigenvalue weighted by Gasteiger charge is -2.32. The van der Waals surface area contributed by atoms with Crippen molar-refractivity contribution in [3.63, 3.8) is 0 Å². The monoisotopic (exact) mass is 506 g/mol. The summed E-state index contributed by atoms with van der Waals surface area (Å²) >= 11 is 0. The number of para-hydroxylation sites is 1. The van der Waals surface area contributed by atoms with Crippen LogP contribution >= 0.6 is 0 Å². The van der Waals surface area contributed by atoms with Crippen LogP contribution in [-0.4, -0.2) is 50.5 Å². The number of fused-ring (bicyclic) bond motifs is 1. The molecule has 7 nitrogen and oxygen atoms in total. The largest absolute Gasteiger partial charge is 0.496 e. The number of rotatable bonds is 5. The number of dihydropyridines is 1. The lowest BCUT2D eigenvalue weighted by molar-refractivity contribution is 0.00578. The zero-order chi connectivity index (χ0) is 25.9. The molecule has 2 aromatic rings. The predicted molar refractivity (Wildman–Crippen MR) is 141 cm³/mol. The van der Waals surface area contributed by atoms with Gasteiger partial charge in [0.1, 0.15) is 5.75 Å². The first-order valence-corrected chi connectivity index (χ1v) is 13.4. The van der Waals surface area contributed by atoms with Gasteiger partial charge in [-0.1, -0.05) is 42.0 Å². The summed E-state index contributed by atoms with van der Waals surface area (Å²) in [7, 11) is -2.79. The summed E-state index contributed by atoms with van der Waals surface area (Å²) in [6.45, 7) is 9.96. The smallest absolute Gasteiger partial charge is 0.470 e. The second-order valence-electron chi connectivity index (χ2n) is 10.4. The first kappa shape index (κ1) is 24.8. The van der Waals surface area contributed by atoms with Crippen molar-refractivity contribution in [3.05, 3.63) is 77.5 Å². The molecule has 9 heteroatoms. The molecule has 0 N–H and O–H groups in total. The molecule has 0 bridgehead atoms. The Kier molecular flexibility index (Phi) is 5.93. The van der Waals surface area contributed by atoms with E-state index < -0.39 is 34.5 Å². The van der Waals surface area contributed by atoms with E-state index >= 15 is 0 Å². The van der Waals surface area contributed by atoms with Gasteiger partial charge in [-0.3, -0.25) is 4.99 Å². The molecule has 0 amide bonds. The summed E-state index contributed by atoms with van der Waals surface area (Å²) in [6.07, 6.45) is 4.69. The summed E-state index contributed by atoms with van der Waals surface area (Å²) in [4.78, 5) is 4.95. The molecule has 1 fully saturated rings. The molecule has 1 saturated heterocycles. The van der Waals surface area contributed by atoms with Crippen LogP contribution in [0.25, 0.3) is 5.57 Å². The molecular formula is C27H31BN2O5S. The van der Waals surface area contributed by atoms with Crippen molar-refractivity contribution < 1.29 is 22.5 Å². The SMILES string of the molecule is COc1ccccc1C1=CN(S(=O)(=O)c2ccc(C)cc2)C2N=CC(B3OC(C)(C)C(C)(C)O3)C=C12. The van der Waals surface area contributed by atoms with Gasteiger partial charge in [-0.2, -0.15) is 0 Å². The van der Waals surface area contributed by atoms with E-state index in [0.717, 1.165) is 22.3 Å². The van der Waals surface area contributed by atoms with Gasteiger partial charge in [0.2, 0.25) is 0 Å². The van der Waals surface area contributed by atoms with Gasteiger partial charge in [-0.25, -0.2) is 12.7 Å². The maximum absolute atomic E-state index is 13.7. The number of hydrogen-bond acceptors (Lipinski definition) is 6. The van der Waals surface area contributed by atoms with E-state index in [2.05, 4.69) is 0 Å². The Morgan fingerprint density at radius 1 is 1.00 bits per heavy atom. The lowest BCUT2D eigenvalue weighted by Crippen LogP contribution is -2.41. The molecule has 2 atom stereocenters. The molecule has 188 valence electrons. The second-order valence-corrected chi connectivity index (χ2v) is 12.2. The van der Waals surface area contributed by atoms with Gasteiger partial charge in [-0.05, 0) is 52.8 Å². The summed E-state index contributed by atoms with van der Waals surface area (Å²) in [5, 5.41) is 0. The maximum atomic E-state index is 13.7. The third kappa shape index (κ3) is 3.99. The van der Waals surface area contributed by atoms with E-state index in [9.17, 15) is 8.42 Å². The molecule has 3 aliphatic heterocycles. The average Bonchev–Trinajstić information content (AvgIpc) is 3.33. The van der Waals surface area contributed by atoms with E-state index in [1.165, 1.54) is 4.31 Å². The van der Waals surface area contributed by atoms with E-state index in [1.54, 1.807) is 43.8 Å². The Labute approximate surface area is 213 Å². The second kappa shape index (κ2) is 8.61. The van der Waals surface area contributed by atoms with Crippen molar-refractivity contribution in [1.29, 1.82) is 0 Å². The quantitative estimate of drug-likeness (QED) is 0.542. The number of ether oxygens (including phenoxy) is 1. The van der Waals surface area contributed by atoms with Crippen LogP contribution in [0.5, 0.6) is 5.75 Å². The summed E-state index contributed by atoms with van der Waals surface area (Å²) < 4.78 is 47.0. The lowest BCUT2D eigenvalue weighted by atomic mass is 9.70. The van der Waals surface area contributed by atoms with Crippen LogP contribution in [0.3, 0.4) is 0 Å². The van der Waals surface area contributed by atoms with Crippen LogP contribution in [-0.2, 0) is 19.3 Å². The summed E-state index contributed by atoms with van der Waals surface area (Å²) in [5.74, 6) is 0.372. The minimum Gasteiger partial charge on any atom is -0.496 e. The van der Waals surface area contributed by atoms with Crippen molar-refractivity contribution in [2.24, 2.45) is 4.99 Å². The van der Waals surface area contributed by atoms with Crippen LogP contribution in [0.4, 0.5) is 0 Å². The van der Waals surface area contributed by atoms with Crippen molar-refractivity contribution >= 4 is 28.9 Å². The molecule has 0 saturated carbocycles. The van der Waals surface area contributed by atoms with Crippen LogP contribution in [0.2, 0.25) is 5.82 Å². The van der Waals surface area contributed by atoms with Gasteiger partial charge in [0.25, 0.3) is 10.0 Å². The number of hydrogen-bond donors (Lipinski definition) is 0. The van der Waals surface area contributed by atoms with E-state index in [-0.39, 0.29) is 10.7 Å². The fourth-order valence-electron chi connectivity index (χ4n) is 4.62. The number of allylic oxidation sites excluding steroid dienone is 1. The van der Waals surface area contributed by atoms with Crippen LogP contribution in [0, 0.1) is 6.92 Å². The molecule has 0 spiro atoms. The highest BCUT2D eigenvalue weighted by Gasteiger charge is 2.54. The van der Waals surface area contributed by atoms with Gasteiger partial charge in [0.05, 0.1) is 23.2 Å². The number of nitrogens with zero attached hydrogens (tertiary/aromatic N) is 2. The van der Waals surface area contributed by atoms with E-state index in [1.807, 2.05) is 65.0 Å². The average molecular weight is 506 g/mol. The molecule has 3 aliphatic rings. The first-order valence-electron chi connectivity index (χ1n) is 12.0. The third-order valence-corrected chi connectivity index (χ3v) is 9.17. The molecule has 0 aliphatic carbocycles. The van der Waals surface area contributed by atoms with Gasteiger partial charge < -0.3 is 14.0 Å². The van der Waals surface area contributed by atoms with Crippen molar-refractivity contribution in [2.75, 3.05) is 7.11 Å². The Morgan fingerprint density at radius 2 is 1.64 bits per heavy atom. The predicted octanol–water partition coefficient (Wildman–Crippen LogP) is 4.85. The third-order valence-electron chi connectivity index (χ3n) is 7.44. The standard InChI is InChI=1S/C27H31BN2O5S/c1-18-11-13-20(14-12-18)36(31,32)30-17-23(21-9-7-8-10-24(21)33-6)22-15-19(16-29-25(22)30)28-34-26(2,3)27(4,5)35-28/h7-17,19,25H,1-6H3. The van der Waals surface area contributed by atoms with Crippen LogP contribution in [0.1, 0.15) is 38.8 Å². The zero-order valence-corrected chi connectivity index (χ0v) is 22.2. The minimum absolute atomic E-state index is 0.216. The van der Waals surface area contributed by atoms with Gasteiger partial charge in [-0.15, -0.1) is 0 Å². The van der Waals surface area contributed by atoms with Gasteiger partial charge in [0, 0.05) is 34.9 Å². The van der Waals surface area contributed by atoms with Crippen molar-refractivity contribution in [1.82, 2.24) is 4.31 Å². The fraction of sp³-hybridized carbons (Fsp3) is 0.370. The highest BCUT2D eigenvalue weighted by atomic mass is 32.2. The normalized spacial score (nSPS) is 24.4. The number of benzene rings is 2. The van der Waals surface area contributed by atoms with Gasteiger partial charge >= 0.3 is 7.12 Å². The molecule has 3 heterocycles. The number of aliphatic imine (C=N–C) groups is 1. The van der Waals surface area contributed by atoms with E-state index in [4.69, 9.17) is 19.0 Å². The number of aryl methyl sites for hydroxylation is 1. The Bertz CT molecular complexity index is 1360. The van der Waals surface area contributed by atoms with E-state index in [0.29, 0.717) is 5.75 Å². The van der Waals surface area contributed by atoms with Gasteiger partial charge in [0.15, 0.2) is 6.17 Å². The molecule has 2 aromatic carbocycles.